The topological polar surface area (TPSA) is 282 Å². The number of aromatic nitrogens is 10. The molecule has 0 aliphatic heterocycles. The van der Waals surface area contributed by atoms with Crippen molar-refractivity contribution in [2.75, 3.05) is 49.7 Å². The van der Waals surface area contributed by atoms with Crippen LogP contribution >= 0.6 is 46.4 Å². The lowest BCUT2D eigenvalue weighted by molar-refractivity contribution is -0.142. The van der Waals surface area contributed by atoms with E-state index in [0.717, 1.165) is 96.3 Å². The standard InChI is InChI=1S/C25H22ClN3O3.C24H18ClF3N4O.C24H20ClN3O3.C23H16ClF3N4O/c1-14-7-15(2)24-22(8-14)27-13-23(29-24)20-11-17(5-6-21(20)26)28-25(30)16-9-18(31-3)12-19(10-16)32-4;1-12-8-13(2)22-19(9-12)29-11-20(32-22)17-10-15(4-6-18(17)25)31-23(33)16-5-7-21(24(26,27)28)30-14(16)3;1-14-5-4-6-21-23(14)26-13-22(28-21)19-11-16(7-8-20(19)25)27-24(29)15-9-17(30-2)12-18(10-15)31-3;1-12-4-3-5-18-21(12)28-11-19(31-18)16-10-14(6-8-17(16)24)30-22(32)15-7-9-20(23(25,26)27)29-13(15)2/h5-13H,1-4H3,(H,28,30);4-11H,1-3H3,(H,31,33);4-13H,1-3H3,(H,27,29);3-11H,1-2H3,(H,30,32). The van der Waals surface area contributed by atoms with Crippen molar-refractivity contribution in [3.8, 4) is 68.0 Å². The van der Waals surface area contributed by atoms with E-state index >= 15 is 0 Å². The fourth-order valence-corrected chi connectivity index (χ4v) is 14.5. The Kier molecular flexibility index (Phi) is 27.9. The van der Waals surface area contributed by atoms with Crippen LogP contribution < -0.4 is 40.2 Å². The molecule has 6 aromatic heterocycles. The number of benzene rings is 10. The van der Waals surface area contributed by atoms with Gasteiger partial charge in [-0.1, -0.05) is 82.8 Å². The molecule has 0 unspecified atom stereocenters. The van der Waals surface area contributed by atoms with E-state index in [1.54, 1.807) is 134 Å². The molecule has 22 nitrogen and oxygen atoms in total. The lowest BCUT2D eigenvalue weighted by Gasteiger charge is -2.12. The number of amides is 4. The molecule has 0 radical (unpaired) electrons. The summed E-state index contributed by atoms with van der Waals surface area (Å²) in [6, 6.07) is 53.5. The number of carbonyl (C=O) groups excluding carboxylic acids is 4. The Morgan fingerprint density at radius 2 is 0.609 bits per heavy atom. The molecule has 16 aromatic rings. The second kappa shape index (κ2) is 39.1. The molecule has 0 bridgehead atoms. The number of alkyl halides is 6. The first-order valence-corrected chi connectivity index (χ1v) is 40.5. The highest BCUT2D eigenvalue weighted by Crippen LogP contribution is 2.39. The molecule has 128 heavy (non-hydrogen) atoms. The Bertz CT molecular complexity index is 7010. The maximum Gasteiger partial charge on any atom is 0.433 e. The van der Waals surface area contributed by atoms with Crippen LogP contribution in [-0.4, -0.2) is 102 Å². The third kappa shape index (κ3) is 21.6. The average molecular weight is 1810 g/mol. The zero-order chi connectivity index (χ0) is 91.7. The summed E-state index contributed by atoms with van der Waals surface area (Å²) in [5.41, 5.74) is 18.1. The Balaban J connectivity index is 0.000000146. The number of ether oxygens (including phenoxy) is 4. The average Bonchev–Trinajstić information content (AvgIpc) is 0.822. The number of nitrogens with zero attached hydrogens (tertiary/aromatic N) is 10. The van der Waals surface area contributed by atoms with Crippen LogP contribution in [0, 0.1) is 55.4 Å². The Labute approximate surface area is 749 Å². The van der Waals surface area contributed by atoms with Crippen LogP contribution in [0.15, 0.2) is 219 Å². The van der Waals surface area contributed by atoms with Crippen molar-refractivity contribution in [1.82, 2.24) is 49.8 Å². The number of pyridine rings is 2. The van der Waals surface area contributed by atoms with Crippen LogP contribution in [0.3, 0.4) is 0 Å². The summed E-state index contributed by atoms with van der Waals surface area (Å²) in [6.07, 6.45) is -2.56. The van der Waals surface area contributed by atoms with Crippen LogP contribution in [0.2, 0.25) is 20.1 Å². The van der Waals surface area contributed by atoms with E-state index in [4.69, 9.17) is 80.3 Å². The van der Waals surface area contributed by atoms with E-state index in [2.05, 4.69) is 62.2 Å². The Morgan fingerprint density at radius 1 is 0.305 bits per heavy atom. The number of hydrogen-bond donors (Lipinski definition) is 4. The number of carbonyl (C=O) groups is 4. The van der Waals surface area contributed by atoms with Crippen molar-refractivity contribution in [2.45, 2.75) is 67.7 Å². The van der Waals surface area contributed by atoms with E-state index < -0.39 is 35.6 Å². The van der Waals surface area contributed by atoms with E-state index in [1.165, 1.54) is 42.3 Å². The number of methoxy groups -OCH3 is 4. The van der Waals surface area contributed by atoms with Crippen molar-refractivity contribution in [3.63, 3.8) is 0 Å². The van der Waals surface area contributed by atoms with Crippen LogP contribution in [-0.2, 0) is 12.4 Å². The van der Waals surface area contributed by atoms with Crippen LogP contribution in [0.25, 0.3) is 89.2 Å². The largest absolute Gasteiger partial charge is 0.497 e. The first kappa shape index (κ1) is 91.4. The van der Waals surface area contributed by atoms with Crippen LogP contribution in [0.1, 0.15) is 97.6 Å². The van der Waals surface area contributed by atoms with Crippen molar-refractivity contribution in [1.29, 1.82) is 0 Å². The second-order valence-electron chi connectivity index (χ2n) is 29.3. The first-order chi connectivity index (χ1) is 61.0. The molecule has 32 heteroatoms. The van der Waals surface area contributed by atoms with Gasteiger partial charge in [0, 0.05) is 68.3 Å². The Hall–Kier alpha value is -14.3. The Morgan fingerprint density at radius 3 is 0.914 bits per heavy atom. The molecule has 6 heterocycles. The zero-order valence-corrected chi connectivity index (χ0v) is 73.3. The van der Waals surface area contributed by atoms with E-state index in [-0.39, 0.29) is 34.3 Å². The van der Waals surface area contributed by atoms with E-state index in [1.807, 2.05) is 96.1 Å². The fourth-order valence-electron chi connectivity index (χ4n) is 13.6. The minimum absolute atomic E-state index is 0.0253. The molecule has 0 aliphatic carbocycles. The number of para-hydroxylation sites is 2. The number of hydrogen-bond acceptors (Lipinski definition) is 18. The molecule has 0 atom stereocenters. The van der Waals surface area contributed by atoms with Gasteiger partial charge >= 0.3 is 12.4 Å². The summed E-state index contributed by atoms with van der Waals surface area (Å²) in [5.74, 6) is 0.352. The molecule has 4 N–H and O–H groups in total. The smallest absolute Gasteiger partial charge is 0.433 e. The van der Waals surface area contributed by atoms with Crippen LogP contribution in [0.5, 0.6) is 23.0 Å². The molecule has 0 saturated carbocycles. The van der Waals surface area contributed by atoms with Crippen molar-refractivity contribution in [2.24, 2.45) is 0 Å². The highest BCUT2D eigenvalue weighted by molar-refractivity contribution is 6.35. The van der Waals surface area contributed by atoms with Gasteiger partial charge in [0.15, 0.2) is 0 Å². The quantitative estimate of drug-likeness (QED) is 0.0654. The molecule has 0 fully saturated rings. The third-order valence-corrected chi connectivity index (χ3v) is 21.3. The van der Waals surface area contributed by atoms with Gasteiger partial charge in [0.2, 0.25) is 0 Å². The number of rotatable bonds is 16. The first-order valence-electron chi connectivity index (χ1n) is 39.0. The van der Waals surface area contributed by atoms with Gasteiger partial charge in [-0.2, -0.15) is 26.3 Å². The van der Waals surface area contributed by atoms with E-state index in [9.17, 15) is 45.5 Å². The maximum absolute atomic E-state index is 12.9. The monoisotopic (exact) mass is 1810 g/mol. The molecule has 10 aromatic carbocycles. The highest BCUT2D eigenvalue weighted by atomic mass is 35.5. The second-order valence-corrected chi connectivity index (χ2v) is 30.9. The lowest BCUT2D eigenvalue weighted by atomic mass is 10.1. The van der Waals surface area contributed by atoms with Crippen molar-refractivity contribution < 1.29 is 64.5 Å². The van der Waals surface area contributed by atoms with Gasteiger partial charge < -0.3 is 40.2 Å². The SMILES string of the molecule is COc1cc(OC)cc(C(=O)Nc2ccc(Cl)c(-c3cnc4c(C)cccc4n3)c2)c1.COc1cc(OC)cc(C(=O)Nc2ccc(Cl)c(-c3cnc4cc(C)cc(C)c4n3)c2)c1.Cc1cc(C)c2nc(-c3cc(NC(=O)c4ccc(C(F)(F)F)nc4C)ccc3Cl)cnc2c1.Cc1nc(C(F)(F)F)ccc1C(=O)Nc1ccc(Cl)c(-c2cnc3c(C)cccc3n2)c1. The zero-order valence-electron chi connectivity index (χ0n) is 70.3. The summed E-state index contributed by atoms with van der Waals surface area (Å²) in [6.45, 7) is 14.6. The third-order valence-electron chi connectivity index (χ3n) is 20.0. The van der Waals surface area contributed by atoms with E-state index in [0.29, 0.717) is 128 Å². The molecule has 0 saturated heterocycles. The van der Waals surface area contributed by atoms with Gasteiger partial charge in [-0.3, -0.25) is 39.1 Å². The minimum atomic E-state index is -4.58. The maximum atomic E-state index is 12.9. The van der Waals surface area contributed by atoms with Gasteiger partial charge in [-0.05, 0) is 234 Å². The number of aryl methyl sites for hydroxylation is 8. The summed E-state index contributed by atoms with van der Waals surface area (Å²) in [5, 5.41) is 13.0. The summed E-state index contributed by atoms with van der Waals surface area (Å²) >= 11 is 25.6. The van der Waals surface area contributed by atoms with Gasteiger partial charge in [0.1, 0.15) is 34.4 Å². The van der Waals surface area contributed by atoms with Crippen molar-refractivity contribution in [3.05, 3.63) is 317 Å². The predicted octanol–water partition coefficient (Wildman–Crippen LogP) is 24.1. The summed E-state index contributed by atoms with van der Waals surface area (Å²) < 4.78 is 98.0. The highest BCUT2D eigenvalue weighted by Gasteiger charge is 2.35. The lowest BCUT2D eigenvalue weighted by Crippen LogP contribution is -2.16. The van der Waals surface area contributed by atoms with Crippen molar-refractivity contribution >= 4 is 137 Å². The normalized spacial score (nSPS) is 11.2. The molecule has 0 spiro atoms. The molecular weight excluding hydrogens is 1730 g/mol. The summed E-state index contributed by atoms with van der Waals surface area (Å²) in [7, 11) is 6.15. The van der Waals surface area contributed by atoms with Gasteiger partial charge in [0.25, 0.3) is 23.6 Å². The minimum Gasteiger partial charge on any atom is -0.497 e. The molecular formula is C96H76Cl4F6N14O8. The number of halogens is 10. The number of nitrogens with one attached hydrogen (secondary N) is 4. The van der Waals surface area contributed by atoms with Gasteiger partial charge in [-0.15, -0.1) is 0 Å². The molecule has 0 aliphatic rings. The summed E-state index contributed by atoms with van der Waals surface area (Å²) in [4.78, 5) is 94.8. The number of anilines is 4. The van der Waals surface area contributed by atoms with Gasteiger partial charge in [0.05, 0.1) is 163 Å². The predicted molar refractivity (Wildman–Crippen MR) is 487 cm³/mol. The molecule has 16 rings (SSSR count). The molecule has 648 valence electrons. The van der Waals surface area contributed by atoms with Gasteiger partial charge in [-0.25, -0.2) is 29.9 Å². The van der Waals surface area contributed by atoms with Crippen LogP contribution in [0.4, 0.5) is 49.1 Å². The number of fused-ring (bicyclic) bond motifs is 4. The molecule has 4 amide bonds. The fraction of sp³-hybridized carbons (Fsp3) is 0.146.